The second-order valence-corrected chi connectivity index (χ2v) is 7.00. The van der Waals surface area contributed by atoms with Crippen molar-refractivity contribution in [3.8, 4) is 0 Å². The van der Waals surface area contributed by atoms with E-state index in [9.17, 15) is 0 Å². The number of hydrogen-bond donors (Lipinski definition) is 1. The van der Waals surface area contributed by atoms with Crippen molar-refractivity contribution < 1.29 is 0 Å². The third-order valence-electron chi connectivity index (χ3n) is 3.22. The molecule has 0 saturated carbocycles. The van der Waals surface area contributed by atoms with Gasteiger partial charge in [-0.3, -0.25) is 0 Å². The van der Waals surface area contributed by atoms with E-state index in [0.29, 0.717) is 6.04 Å². The van der Waals surface area contributed by atoms with E-state index < -0.39 is 0 Å². The lowest BCUT2D eigenvalue weighted by molar-refractivity contribution is 0.326. The first-order valence-electron chi connectivity index (χ1n) is 6.77. The largest absolute Gasteiger partial charge is 0.308 e. The van der Waals surface area contributed by atoms with Gasteiger partial charge in [-0.25, -0.2) is 0 Å². The van der Waals surface area contributed by atoms with Crippen molar-refractivity contribution >= 4 is 22.9 Å². The molecule has 2 rings (SSSR count). The molecule has 0 spiro atoms. The van der Waals surface area contributed by atoms with Crippen molar-refractivity contribution in [2.75, 3.05) is 20.6 Å². The van der Waals surface area contributed by atoms with Crippen LogP contribution in [0.25, 0.3) is 0 Å². The van der Waals surface area contributed by atoms with Gasteiger partial charge in [0, 0.05) is 23.5 Å². The SMILES string of the molecule is CC(NC(CN(C)C)c1ccccc1)c1ccc(Cl)s1. The van der Waals surface area contributed by atoms with Crippen molar-refractivity contribution in [1.82, 2.24) is 10.2 Å². The quantitative estimate of drug-likeness (QED) is 0.853. The molecule has 0 fully saturated rings. The van der Waals surface area contributed by atoms with E-state index in [1.165, 1.54) is 10.4 Å². The van der Waals surface area contributed by atoms with Crippen LogP contribution in [0.1, 0.15) is 29.4 Å². The van der Waals surface area contributed by atoms with Crippen LogP contribution in [0.3, 0.4) is 0 Å². The molecule has 0 saturated heterocycles. The van der Waals surface area contributed by atoms with Gasteiger partial charge in [0.05, 0.1) is 4.34 Å². The number of thiophene rings is 1. The predicted molar refractivity (Wildman–Crippen MR) is 88.6 cm³/mol. The molecule has 2 unspecified atom stereocenters. The van der Waals surface area contributed by atoms with Gasteiger partial charge in [0.2, 0.25) is 0 Å². The third kappa shape index (κ3) is 4.32. The summed E-state index contributed by atoms with van der Waals surface area (Å²) in [6, 6.07) is 15.2. The maximum atomic E-state index is 6.02. The first-order chi connectivity index (χ1) is 9.56. The lowest BCUT2D eigenvalue weighted by Gasteiger charge is -2.26. The maximum absolute atomic E-state index is 6.02. The van der Waals surface area contributed by atoms with Crippen LogP contribution >= 0.6 is 22.9 Å². The standard InChI is InChI=1S/C16H21ClN2S/c1-12(15-9-10-16(17)20-15)18-14(11-19(2)3)13-7-5-4-6-8-13/h4-10,12,14,18H,11H2,1-3H3. The molecule has 0 aliphatic rings. The number of benzene rings is 1. The smallest absolute Gasteiger partial charge is 0.0931 e. The Morgan fingerprint density at radius 1 is 1.15 bits per heavy atom. The van der Waals surface area contributed by atoms with Crippen LogP contribution in [0, 0.1) is 0 Å². The van der Waals surface area contributed by atoms with E-state index in [0.717, 1.165) is 10.9 Å². The second kappa shape index (κ2) is 7.23. The Morgan fingerprint density at radius 2 is 1.85 bits per heavy atom. The second-order valence-electron chi connectivity index (χ2n) is 5.26. The van der Waals surface area contributed by atoms with Gasteiger partial charge in [-0.2, -0.15) is 0 Å². The number of halogens is 1. The zero-order valence-corrected chi connectivity index (χ0v) is 13.7. The molecule has 2 nitrogen and oxygen atoms in total. The van der Waals surface area contributed by atoms with Crippen LogP contribution < -0.4 is 5.32 Å². The lowest BCUT2D eigenvalue weighted by atomic mass is 10.1. The van der Waals surface area contributed by atoms with Crippen molar-refractivity contribution in [1.29, 1.82) is 0 Å². The molecule has 0 bridgehead atoms. The van der Waals surface area contributed by atoms with E-state index in [4.69, 9.17) is 11.6 Å². The van der Waals surface area contributed by atoms with E-state index >= 15 is 0 Å². The molecule has 108 valence electrons. The van der Waals surface area contributed by atoms with E-state index in [2.05, 4.69) is 67.6 Å². The van der Waals surface area contributed by atoms with Crippen molar-refractivity contribution in [3.63, 3.8) is 0 Å². The first kappa shape index (κ1) is 15.5. The highest BCUT2D eigenvalue weighted by Crippen LogP contribution is 2.28. The summed E-state index contributed by atoms with van der Waals surface area (Å²) in [5.74, 6) is 0. The zero-order valence-electron chi connectivity index (χ0n) is 12.1. The molecular formula is C16H21ClN2S. The van der Waals surface area contributed by atoms with Gasteiger partial charge >= 0.3 is 0 Å². The molecule has 0 amide bonds. The van der Waals surface area contributed by atoms with Gasteiger partial charge in [-0.05, 0) is 38.7 Å². The highest BCUT2D eigenvalue weighted by molar-refractivity contribution is 7.16. The molecule has 1 heterocycles. The fourth-order valence-electron chi connectivity index (χ4n) is 2.25. The number of likely N-dealkylation sites (N-methyl/N-ethyl adjacent to an activating group) is 1. The molecule has 2 atom stereocenters. The minimum absolute atomic E-state index is 0.289. The molecule has 0 radical (unpaired) electrons. The molecule has 20 heavy (non-hydrogen) atoms. The summed E-state index contributed by atoms with van der Waals surface area (Å²) >= 11 is 7.67. The van der Waals surface area contributed by atoms with E-state index in [1.807, 2.05) is 6.07 Å². The van der Waals surface area contributed by atoms with Crippen LogP contribution in [-0.4, -0.2) is 25.5 Å². The minimum Gasteiger partial charge on any atom is -0.308 e. The number of hydrogen-bond acceptors (Lipinski definition) is 3. The van der Waals surface area contributed by atoms with Gasteiger partial charge in [0.15, 0.2) is 0 Å². The van der Waals surface area contributed by atoms with Crippen LogP contribution in [0.15, 0.2) is 42.5 Å². The monoisotopic (exact) mass is 308 g/mol. The van der Waals surface area contributed by atoms with Gasteiger partial charge < -0.3 is 10.2 Å². The molecular weight excluding hydrogens is 288 g/mol. The van der Waals surface area contributed by atoms with Crippen molar-refractivity contribution in [3.05, 3.63) is 57.2 Å². The number of nitrogens with zero attached hydrogens (tertiary/aromatic N) is 1. The minimum atomic E-state index is 0.289. The molecule has 1 aromatic heterocycles. The summed E-state index contributed by atoms with van der Waals surface area (Å²) in [5.41, 5.74) is 1.32. The summed E-state index contributed by atoms with van der Waals surface area (Å²) in [6.07, 6.45) is 0. The molecule has 0 aliphatic heterocycles. The Balaban J connectivity index is 2.11. The fraction of sp³-hybridized carbons (Fsp3) is 0.375. The predicted octanol–water partition coefficient (Wildman–Crippen LogP) is 4.36. The molecule has 2 aromatic rings. The summed E-state index contributed by atoms with van der Waals surface area (Å²) < 4.78 is 0.845. The van der Waals surface area contributed by atoms with Crippen LogP contribution in [0.2, 0.25) is 4.34 Å². The van der Waals surface area contributed by atoms with Crippen molar-refractivity contribution in [2.45, 2.75) is 19.0 Å². The Bertz CT molecular complexity index is 524. The number of rotatable bonds is 6. The van der Waals surface area contributed by atoms with Gasteiger partial charge in [0.1, 0.15) is 0 Å². The average molecular weight is 309 g/mol. The molecule has 1 aromatic carbocycles. The molecule has 1 N–H and O–H groups in total. The summed E-state index contributed by atoms with van der Waals surface area (Å²) in [5, 5.41) is 3.70. The fourth-order valence-corrected chi connectivity index (χ4v) is 3.32. The van der Waals surface area contributed by atoms with Gasteiger partial charge in [-0.15, -0.1) is 11.3 Å². The Labute approximate surface area is 130 Å². The van der Waals surface area contributed by atoms with Crippen LogP contribution in [0.5, 0.6) is 0 Å². The molecule has 0 aliphatic carbocycles. The highest BCUT2D eigenvalue weighted by atomic mass is 35.5. The zero-order chi connectivity index (χ0) is 14.5. The van der Waals surface area contributed by atoms with Crippen LogP contribution in [0.4, 0.5) is 0 Å². The lowest BCUT2D eigenvalue weighted by Crippen LogP contribution is -2.32. The van der Waals surface area contributed by atoms with Crippen molar-refractivity contribution in [2.24, 2.45) is 0 Å². The van der Waals surface area contributed by atoms with Crippen LogP contribution in [-0.2, 0) is 0 Å². The third-order valence-corrected chi connectivity index (χ3v) is 4.64. The first-order valence-corrected chi connectivity index (χ1v) is 7.96. The molecule has 4 heteroatoms. The van der Waals surface area contributed by atoms with E-state index in [1.54, 1.807) is 11.3 Å². The highest BCUT2D eigenvalue weighted by Gasteiger charge is 2.17. The Hall–Kier alpha value is -0.870. The Kier molecular flexibility index (Phi) is 5.61. The summed E-state index contributed by atoms with van der Waals surface area (Å²) in [7, 11) is 4.20. The number of nitrogens with one attached hydrogen (secondary N) is 1. The normalized spacial score (nSPS) is 14.4. The van der Waals surface area contributed by atoms with E-state index in [-0.39, 0.29) is 6.04 Å². The Morgan fingerprint density at radius 3 is 2.40 bits per heavy atom. The summed E-state index contributed by atoms with van der Waals surface area (Å²) in [6.45, 7) is 3.15. The average Bonchev–Trinajstić information content (AvgIpc) is 2.85. The summed E-state index contributed by atoms with van der Waals surface area (Å²) in [4.78, 5) is 3.48. The topological polar surface area (TPSA) is 15.3 Å². The van der Waals surface area contributed by atoms with Gasteiger partial charge in [-0.1, -0.05) is 41.9 Å². The van der Waals surface area contributed by atoms with Gasteiger partial charge in [0.25, 0.3) is 0 Å². The maximum Gasteiger partial charge on any atom is 0.0931 e.